The summed E-state index contributed by atoms with van der Waals surface area (Å²) in [6, 6.07) is 25.7. The van der Waals surface area contributed by atoms with E-state index < -0.39 is 0 Å². The number of nitrogen functional groups attached to an aromatic ring is 1. The molecule has 9 nitrogen and oxygen atoms in total. The monoisotopic (exact) mass is 539 g/mol. The zero-order valence-electron chi connectivity index (χ0n) is 19.8. The summed E-state index contributed by atoms with van der Waals surface area (Å²) in [5.74, 6) is 1.35. The Labute approximate surface area is 227 Å². The smallest absolute Gasteiger partial charge is 0.228 e. The van der Waals surface area contributed by atoms with Crippen molar-refractivity contribution in [1.82, 2.24) is 34.5 Å². The van der Waals surface area contributed by atoms with E-state index >= 15 is 0 Å². The first-order valence-corrected chi connectivity index (χ1v) is 12.4. The molecule has 4 aromatic heterocycles. The average molecular weight is 540 g/mol. The Morgan fingerprint density at radius 3 is 2.26 bits per heavy atom. The van der Waals surface area contributed by atoms with Crippen molar-refractivity contribution in [1.29, 1.82) is 0 Å². The van der Waals surface area contributed by atoms with Gasteiger partial charge in [-0.1, -0.05) is 42.5 Å². The summed E-state index contributed by atoms with van der Waals surface area (Å²) < 4.78 is 2.00. The molecule has 6 aromatic rings. The van der Waals surface area contributed by atoms with Gasteiger partial charge in [-0.15, -0.1) is 0 Å². The predicted molar refractivity (Wildman–Crippen MR) is 149 cm³/mol. The van der Waals surface area contributed by atoms with Crippen molar-refractivity contribution < 1.29 is 0 Å². The highest BCUT2D eigenvalue weighted by Crippen LogP contribution is 2.31. The molecule has 4 heterocycles. The average Bonchev–Trinajstić information content (AvgIpc) is 3.31. The van der Waals surface area contributed by atoms with E-state index in [4.69, 9.17) is 38.9 Å². The van der Waals surface area contributed by atoms with E-state index in [9.17, 15) is 0 Å². The first kappa shape index (κ1) is 23.8. The first-order chi connectivity index (χ1) is 18.5. The number of pyridine rings is 2. The molecule has 2 aromatic carbocycles. The molecule has 0 atom stereocenters. The second-order valence-corrected chi connectivity index (χ2v) is 9.01. The normalized spacial score (nSPS) is 11.1. The van der Waals surface area contributed by atoms with Gasteiger partial charge in [-0.05, 0) is 65.2 Å². The van der Waals surface area contributed by atoms with Gasteiger partial charge in [0.2, 0.25) is 16.5 Å². The molecule has 0 unspecified atom stereocenters. The van der Waals surface area contributed by atoms with Crippen LogP contribution >= 0.6 is 23.2 Å². The standard InChI is InChI=1S/C27H19Cl2N9/c28-25-35-26(29)37-27(36-25)32-15-16-8-10-18(11-9-16)38-23(19-7-4-14-31-22(19)30)34-21-13-12-20(33-24(21)38)17-5-2-1-3-6-17/h1-14H,15H2,(H2,30,31)(H,32,35,36,37). The van der Waals surface area contributed by atoms with E-state index in [2.05, 4.69) is 25.3 Å². The number of halogens is 2. The van der Waals surface area contributed by atoms with Gasteiger partial charge in [-0.3, -0.25) is 4.57 Å². The minimum Gasteiger partial charge on any atom is -0.383 e. The molecule has 0 saturated heterocycles. The molecular weight excluding hydrogens is 521 g/mol. The molecule has 186 valence electrons. The Morgan fingerprint density at radius 2 is 1.53 bits per heavy atom. The second-order valence-electron chi connectivity index (χ2n) is 8.33. The largest absolute Gasteiger partial charge is 0.383 e. The van der Waals surface area contributed by atoms with Crippen molar-refractivity contribution in [3.05, 3.63) is 101 Å². The zero-order chi connectivity index (χ0) is 26.1. The molecule has 0 aliphatic heterocycles. The Bertz CT molecular complexity index is 1730. The van der Waals surface area contributed by atoms with Crippen molar-refractivity contribution in [3.63, 3.8) is 0 Å². The van der Waals surface area contributed by atoms with E-state index in [1.54, 1.807) is 6.20 Å². The minimum absolute atomic E-state index is 0.0272. The predicted octanol–water partition coefficient (Wildman–Crippen LogP) is 5.84. The van der Waals surface area contributed by atoms with E-state index in [1.807, 2.05) is 83.4 Å². The fourth-order valence-corrected chi connectivity index (χ4v) is 4.47. The molecule has 0 saturated carbocycles. The quantitative estimate of drug-likeness (QED) is 0.271. The van der Waals surface area contributed by atoms with E-state index in [-0.39, 0.29) is 10.6 Å². The van der Waals surface area contributed by atoms with Crippen LogP contribution < -0.4 is 11.1 Å². The molecule has 0 amide bonds. The number of imidazole rings is 1. The summed E-state index contributed by atoms with van der Waals surface area (Å²) in [5, 5.41) is 3.16. The summed E-state index contributed by atoms with van der Waals surface area (Å²) >= 11 is 11.7. The molecule has 38 heavy (non-hydrogen) atoms. The molecule has 0 aliphatic carbocycles. The third-order valence-corrected chi connectivity index (χ3v) is 6.22. The topological polar surface area (TPSA) is 120 Å². The lowest BCUT2D eigenvalue weighted by atomic mass is 10.1. The van der Waals surface area contributed by atoms with Crippen molar-refractivity contribution in [2.45, 2.75) is 6.54 Å². The van der Waals surface area contributed by atoms with E-state index in [1.165, 1.54) is 0 Å². The fourth-order valence-electron chi connectivity index (χ4n) is 4.11. The Kier molecular flexibility index (Phi) is 6.28. The van der Waals surface area contributed by atoms with E-state index in [0.717, 1.165) is 33.6 Å². The highest BCUT2D eigenvalue weighted by molar-refractivity contribution is 6.31. The molecule has 11 heteroatoms. The summed E-state index contributed by atoms with van der Waals surface area (Å²) in [7, 11) is 0. The van der Waals surface area contributed by atoms with Gasteiger partial charge in [-0.2, -0.15) is 15.0 Å². The van der Waals surface area contributed by atoms with Gasteiger partial charge in [0.05, 0.1) is 11.3 Å². The maximum Gasteiger partial charge on any atom is 0.228 e. The molecule has 3 N–H and O–H groups in total. The van der Waals surface area contributed by atoms with Gasteiger partial charge in [0.15, 0.2) is 11.5 Å². The SMILES string of the molecule is Nc1ncccc1-c1nc2ccc(-c3ccccc3)nc2n1-c1ccc(CNc2nc(Cl)nc(Cl)n2)cc1. The van der Waals surface area contributed by atoms with Crippen LogP contribution in [-0.2, 0) is 6.54 Å². The number of nitrogens with two attached hydrogens (primary N) is 1. The molecule has 6 rings (SSSR count). The van der Waals surface area contributed by atoms with Crippen LogP contribution in [0.15, 0.2) is 85.1 Å². The number of fused-ring (bicyclic) bond motifs is 1. The van der Waals surface area contributed by atoms with Crippen LogP contribution in [-0.4, -0.2) is 34.5 Å². The zero-order valence-corrected chi connectivity index (χ0v) is 21.3. The lowest BCUT2D eigenvalue weighted by molar-refractivity contribution is 1.000. The highest BCUT2D eigenvalue weighted by Gasteiger charge is 2.18. The second kappa shape index (κ2) is 10.0. The number of aromatic nitrogens is 7. The first-order valence-electron chi connectivity index (χ1n) is 11.6. The van der Waals surface area contributed by atoms with Crippen LogP contribution in [0.25, 0.3) is 39.5 Å². The number of nitrogens with one attached hydrogen (secondary N) is 1. The van der Waals surface area contributed by atoms with Crippen LogP contribution in [0.1, 0.15) is 5.56 Å². The third kappa shape index (κ3) is 4.72. The lowest BCUT2D eigenvalue weighted by Gasteiger charge is -2.12. The Hall–Kier alpha value is -4.60. The Morgan fingerprint density at radius 1 is 0.763 bits per heavy atom. The molecule has 0 radical (unpaired) electrons. The maximum absolute atomic E-state index is 6.25. The maximum atomic E-state index is 6.25. The molecule has 0 fully saturated rings. The molecular formula is C27H19Cl2N9. The van der Waals surface area contributed by atoms with Crippen LogP contribution in [0.4, 0.5) is 11.8 Å². The summed E-state index contributed by atoms with van der Waals surface area (Å²) in [6.45, 7) is 0.459. The van der Waals surface area contributed by atoms with Crippen LogP contribution in [0.2, 0.25) is 10.6 Å². The molecule has 0 spiro atoms. The van der Waals surface area contributed by atoms with Crippen molar-refractivity contribution in [2.75, 3.05) is 11.1 Å². The van der Waals surface area contributed by atoms with Gasteiger partial charge >= 0.3 is 0 Å². The van der Waals surface area contributed by atoms with Crippen LogP contribution in [0.3, 0.4) is 0 Å². The van der Waals surface area contributed by atoms with Crippen molar-refractivity contribution in [3.8, 4) is 28.3 Å². The number of hydrogen-bond acceptors (Lipinski definition) is 8. The highest BCUT2D eigenvalue weighted by atomic mass is 35.5. The molecule has 0 bridgehead atoms. The Balaban J connectivity index is 1.41. The number of nitrogens with zero attached hydrogens (tertiary/aromatic N) is 7. The number of hydrogen-bond donors (Lipinski definition) is 2. The van der Waals surface area contributed by atoms with Gasteiger partial charge in [0.1, 0.15) is 11.3 Å². The summed E-state index contributed by atoms with van der Waals surface area (Å²) in [5.41, 5.74) is 12.2. The van der Waals surface area contributed by atoms with Gasteiger partial charge < -0.3 is 11.1 Å². The summed E-state index contributed by atoms with van der Waals surface area (Å²) in [6.07, 6.45) is 1.66. The number of rotatable bonds is 6. The molecule has 0 aliphatic rings. The van der Waals surface area contributed by atoms with Crippen LogP contribution in [0.5, 0.6) is 0 Å². The van der Waals surface area contributed by atoms with Gasteiger partial charge in [0.25, 0.3) is 0 Å². The fraction of sp³-hybridized carbons (Fsp3) is 0.0370. The lowest BCUT2D eigenvalue weighted by Crippen LogP contribution is -2.05. The van der Waals surface area contributed by atoms with Gasteiger partial charge in [0, 0.05) is 24.0 Å². The van der Waals surface area contributed by atoms with Crippen molar-refractivity contribution in [2.24, 2.45) is 0 Å². The minimum atomic E-state index is 0.0272. The van der Waals surface area contributed by atoms with Gasteiger partial charge in [-0.25, -0.2) is 15.0 Å². The van der Waals surface area contributed by atoms with Crippen LogP contribution in [0, 0.1) is 0 Å². The van der Waals surface area contributed by atoms with Crippen molar-refractivity contribution >= 4 is 46.1 Å². The number of anilines is 2. The third-order valence-electron chi connectivity index (χ3n) is 5.88. The van der Waals surface area contributed by atoms with E-state index in [0.29, 0.717) is 29.8 Å². The summed E-state index contributed by atoms with van der Waals surface area (Å²) in [4.78, 5) is 26.0. The number of benzene rings is 2.